The zero-order valence-corrected chi connectivity index (χ0v) is 10.5. The monoisotopic (exact) mass is 222 g/mol. The summed E-state index contributed by atoms with van der Waals surface area (Å²) in [5.41, 5.74) is -0.562. The third kappa shape index (κ3) is 5.56. The van der Waals surface area contributed by atoms with E-state index in [1.807, 2.05) is 0 Å². The smallest absolute Gasteiger partial charge is 0.0756 e. The molecule has 1 heteroatoms. The van der Waals surface area contributed by atoms with Gasteiger partial charge in [0.05, 0.1) is 5.60 Å². The first kappa shape index (κ1) is 13.6. The Labute approximate surface area is 101 Å². The molecular weight excluding hydrogens is 196 g/mol. The van der Waals surface area contributed by atoms with Crippen LogP contribution in [0, 0.1) is 12.3 Å². The maximum atomic E-state index is 10.4. The third-order valence-corrected chi connectivity index (χ3v) is 3.72. The minimum atomic E-state index is -0.562. The van der Waals surface area contributed by atoms with Gasteiger partial charge in [-0.05, 0) is 12.8 Å². The van der Waals surface area contributed by atoms with Crippen molar-refractivity contribution in [1.82, 2.24) is 0 Å². The Morgan fingerprint density at radius 1 is 0.812 bits per heavy atom. The Morgan fingerprint density at radius 3 is 1.56 bits per heavy atom. The zero-order valence-electron chi connectivity index (χ0n) is 10.5. The molecule has 0 heterocycles. The van der Waals surface area contributed by atoms with Gasteiger partial charge >= 0.3 is 0 Å². The molecule has 0 radical (unpaired) electrons. The molecule has 1 N–H and O–H groups in total. The molecule has 1 aliphatic carbocycles. The maximum Gasteiger partial charge on any atom is 0.0756 e. The highest BCUT2D eigenvalue weighted by atomic mass is 16.3. The van der Waals surface area contributed by atoms with Crippen LogP contribution in [0.3, 0.4) is 0 Å². The highest BCUT2D eigenvalue weighted by Gasteiger charge is 2.24. The van der Waals surface area contributed by atoms with Gasteiger partial charge in [0.15, 0.2) is 0 Å². The largest absolute Gasteiger partial charge is 0.389 e. The lowest BCUT2D eigenvalue weighted by molar-refractivity contribution is 0.0224. The van der Waals surface area contributed by atoms with Crippen molar-refractivity contribution >= 4 is 0 Å². The summed E-state index contributed by atoms with van der Waals surface area (Å²) in [6.45, 7) is 0. The fourth-order valence-electron chi connectivity index (χ4n) is 2.64. The first-order valence-corrected chi connectivity index (χ1v) is 6.93. The average Bonchev–Trinajstić information content (AvgIpc) is 2.24. The van der Waals surface area contributed by atoms with Crippen LogP contribution in [0.1, 0.15) is 77.0 Å². The fourth-order valence-corrected chi connectivity index (χ4v) is 2.64. The first-order valence-electron chi connectivity index (χ1n) is 6.93. The van der Waals surface area contributed by atoms with E-state index in [4.69, 9.17) is 6.42 Å². The van der Waals surface area contributed by atoms with Crippen LogP contribution in [0.4, 0.5) is 0 Å². The number of aliphatic hydroxyl groups is 1. The Balaban J connectivity index is 2.39. The molecule has 0 aromatic carbocycles. The van der Waals surface area contributed by atoms with E-state index in [-0.39, 0.29) is 0 Å². The molecule has 0 aliphatic heterocycles. The molecule has 0 unspecified atom stereocenters. The van der Waals surface area contributed by atoms with Gasteiger partial charge in [-0.2, -0.15) is 0 Å². The predicted molar refractivity (Wildman–Crippen MR) is 69.2 cm³/mol. The molecule has 1 aliphatic rings. The second kappa shape index (κ2) is 7.74. The van der Waals surface area contributed by atoms with Crippen LogP contribution in [0.2, 0.25) is 0 Å². The molecule has 0 saturated heterocycles. The van der Waals surface area contributed by atoms with Gasteiger partial charge in [-0.3, -0.25) is 0 Å². The molecule has 0 aromatic heterocycles. The van der Waals surface area contributed by atoms with Crippen molar-refractivity contribution in [2.24, 2.45) is 0 Å². The van der Waals surface area contributed by atoms with Crippen LogP contribution < -0.4 is 0 Å². The van der Waals surface area contributed by atoms with Crippen molar-refractivity contribution in [1.29, 1.82) is 0 Å². The lowest BCUT2D eigenvalue weighted by Gasteiger charge is -2.26. The van der Waals surface area contributed by atoms with Crippen molar-refractivity contribution in [3.63, 3.8) is 0 Å². The minimum absolute atomic E-state index is 0.535. The number of hydrogen-bond donors (Lipinski definition) is 1. The molecule has 1 saturated carbocycles. The Kier molecular flexibility index (Phi) is 6.57. The SMILES string of the molecule is C#CCC1(O)CCCCCCCCCCC1. The molecule has 0 aromatic rings. The predicted octanol–water partition coefficient (Wildman–Crippen LogP) is 4.05. The minimum Gasteiger partial charge on any atom is -0.389 e. The summed E-state index contributed by atoms with van der Waals surface area (Å²) in [6, 6.07) is 0. The second-order valence-corrected chi connectivity index (χ2v) is 5.29. The lowest BCUT2D eigenvalue weighted by Crippen LogP contribution is -2.28. The fraction of sp³-hybridized carbons (Fsp3) is 0.867. The van der Waals surface area contributed by atoms with E-state index >= 15 is 0 Å². The second-order valence-electron chi connectivity index (χ2n) is 5.29. The summed E-state index contributed by atoms with van der Waals surface area (Å²) in [4.78, 5) is 0. The molecule has 0 bridgehead atoms. The van der Waals surface area contributed by atoms with Gasteiger partial charge in [0.25, 0.3) is 0 Å². The summed E-state index contributed by atoms with van der Waals surface area (Å²) in [6.07, 6.45) is 19.3. The van der Waals surface area contributed by atoms with E-state index in [2.05, 4.69) is 5.92 Å². The van der Waals surface area contributed by atoms with Crippen LogP contribution >= 0.6 is 0 Å². The van der Waals surface area contributed by atoms with E-state index < -0.39 is 5.60 Å². The third-order valence-electron chi connectivity index (χ3n) is 3.72. The van der Waals surface area contributed by atoms with Gasteiger partial charge in [0, 0.05) is 6.42 Å². The van der Waals surface area contributed by atoms with E-state index in [1.165, 1.54) is 44.9 Å². The van der Waals surface area contributed by atoms with Crippen molar-refractivity contribution < 1.29 is 5.11 Å². The van der Waals surface area contributed by atoms with Gasteiger partial charge in [0.1, 0.15) is 0 Å². The normalized spacial score (nSPS) is 23.8. The van der Waals surface area contributed by atoms with E-state index in [1.54, 1.807) is 0 Å². The average molecular weight is 222 g/mol. The van der Waals surface area contributed by atoms with Gasteiger partial charge < -0.3 is 5.11 Å². The van der Waals surface area contributed by atoms with Crippen LogP contribution in [0.15, 0.2) is 0 Å². The zero-order chi connectivity index (χ0) is 11.7. The highest BCUT2D eigenvalue weighted by molar-refractivity contribution is 4.95. The molecule has 1 nitrogen and oxygen atoms in total. The molecule has 0 atom stereocenters. The van der Waals surface area contributed by atoms with E-state index in [0.717, 1.165) is 25.7 Å². The van der Waals surface area contributed by atoms with Gasteiger partial charge in [-0.1, -0.05) is 57.8 Å². The maximum absolute atomic E-state index is 10.4. The number of terminal acetylenes is 1. The molecule has 1 rings (SSSR count). The van der Waals surface area contributed by atoms with Crippen LogP contribution in [0.5, 0.6) is 0 Å². The van der Waals surface area contributed by atoms with Gasteiger partial charge in [-0.15, -0.1) is 12.3 Å². The highest BCUT2D eigenvalue weighted by Crippen LogP contribution is 2.27. The summed E-state index contributed by atoms with van der Waals surface area (Å²) >= 11 is 0. The summed E-state index contributed by atoms with van der Waals surface area (Å²) < 4.78 is 0. The topological polar surface area (TPSA) is 20.2 Å². The lowest BCUT2D eigenvalue weighted by atomic mass is 9.86. The quantitative estimate of drug-likeness (QED) is 0.664. The van der Waals surface area contributed by atoms with E-state index in [0.29, 0.717) is 6.42 Å². The van der Waals surface area contributed by atoms with Crippen molar-refractivity contribution in [3.8, 4) is 12.3 Å². The van der Waals surface area contributed by atoms with Gasteiger partial charge in [0.2, 0.25) is 0 Å². The Bertz CT molecular complexity index is 202. The van der Waals surface area contributed by atoms with Crippen molar-refractivity contribution in [2.75, 3.05) is 0 Å². The van der Waals surface area contributed by atoms with Crippen LogP contribution in [-0.2, 0) is 0 Å². The number of rotatable bonds is 1. The molecule has 16 heavy (non-hydrogen) atoms. The molecule has 0 amide bonds. The van der Waals surface area contributed by atoms with Crippen LogP contribution in [0.25, 0.3) is 0 Å². The molecule has 1 fully saturated rings. The van der Waals surface area contributed by atoms with Crippen molar-refractivity contribution in [2.45, 2.75) is 82.7 Å². The van der Waals surface area contributed by atoms with Gasteiger partial charge in [-0.25, -0.2) is 0 Å². The van der Waals surface area contributed by atoms with Crippen molar-refractivity contribution in [3.05, 3.63) is 0 Å². The molecule has 0 spiro atoms. The first-order chi connectivity index (χ1) is 7.77. The molecule has 92 valence electrons. The standard InChI is InChI=1S/C15H26O/c1-2-12-15(16)13-10-8-6-4-3-5-7-9-11-14-15/h1,16H,3-14H2. The molecular formula is C15H26O. The Hall–Kier alpha value is -0.480. The summed E-state index contributed by atoms with van der Waals surface area (Å²) in [5, 5.41) is 10.4. The van der Waals surface area contributed by atoms with Crippen LogP contribution in [-0.4, -0.2) is 10.7 Å². The Morgan fingerprint density at radius 2 is 1.19 bits per heavy atom. The summed E-state index contributed by atoms with van der Waals surface area (Å²) in [5.74, 6) is 2.64. The summed E-state index contributed by atoms with van der Waals surface area (Å²) in [7, 11) is 0. The number of hydrogen-bond acceptors (Lipinski definition) is 1. The van der Waals surface area contributed by atoms with E-state index in [9.17, 15) is 5.11 Å².